The lowest BCUT2D eigenvalue weighted by atomic mass is 10.2. The molecule has 0 aromatic rings. The van der Waals surface area contributed by atoms with Gasteiger partial charge >= 0.3 is 0 Å². The highest BCUT2D eigenvalue weighted by atomic mass is 15.3. The lowest BCUT2D eigenvalue weighted by Crippen LogP contribution is -2.47. The van der Waals surface area contributed by atoms with Crippen LogP contribution in [0.25, 0.3) is 0 Å². The van der Waals surface area contributed by atoms with Crippen LogP contribution in [-0.4, -0.2) is 73.7 Å². The third kappa shape index (κ3) is 4.83. The van der Waals surface area contributed by atoms with E-state index in [4.69, 9.17) is 0 Å². The molecule has 1 unspecified atom stereocenters. The van der Waals surface area contributed by atoms with Crippen LogP contribution in [0.15, 0.2) is 4.99 Å². The van der Waals surface area contributed by atoms with Gasteiger partial charge in [-0.1, -0.05) is 19.8 Å². The number of aliphatic imine (C=N–C) groups is 1. The van der Waals surface area contributed by atoms with E-state index in [1.165, 1.54) is 58.0 Å². The number of guanidine groups is 1. The number of rotatable bonds is 7. The molecule has 2 saturated carbocycles. The summed E-state index contributed by atoms with van der Waals surface area (Å²) in [4.78, 5) is 9.69. The Hall–Kier alpha value is -0.810. The first-order chi connectivity index (χ1) is 11.3. The largest absolute Gasteiger partial charge is 0.355 e. The average molecular weight is 322 g/mol. The van der Waals surface area contributed by atoms with Gasteiger partial charge in [0.1, 0.15) is 0 Å². The summed E-state index contributed by atoms with van der Waals surface area (Å²) in [6, 6.07) is 2.27. The summed E-state index contributed by atoms with van der Waals surface area (Å²) in [7, 11) is 1.89. The normalized spacial score (nSPS) is 27.1. The fourth-order valence-electron chi connectivity index (χ4n) is 4.25. The first-order valence-electron chi connectivity index (χ1n) is 9.75. The standard InChI is InChI=1S/C18H35N5/c1-3-22(17-8-9-17)13-11-20-18(19-2)21-15-10-12-23(14-15)16-6-4-5-7-16/h15-17H,3-14H2,1-2H3,(H2,19,20,21). The first kappa shape index (κ1) is 17.0. The number of nitrogens with one attached hydrogen (secondary N) is 2. The van der Waals surface area contributed by atoms with Crippen LogP contribution < -0.4 is 10.6 Å². The molecule has 132 valence electrons. The molecule has 1 aliphatic heterocycles. The molecule has 5 nitrogen and oxygen atoms in total. The predicted molar refractivity (Wildman–Crippen MR) is 97.0 cm³/mol. The van der Waals surface area contributed by atoms with Gasteiger partial charge in [0, 0.05) is 51.4 Å². The van der Waals surface area contributed by atoms with Crippen LogP contribution in [0, 0.1) is 0 Å². The van der Waals surface area contributed by atoms with Crippen LogP contribution in [0.2, 0.25) is 0 Å². The quantitative estimate of drug-likeness (QED) is 0.553. The maximum atomic E-state index is 4.41. The summed E-state index contributed by atoms with van der Waals surface area (Å²) in [5.41, 5.74) is 0. The molecule has 3 fully saturated rings. The Morgan fingerprint density at radius 2 is 1.96 bits per heavy atom. The molecule has 0 aromatic heterocycles. The van der Waals surface area contributed by atoms with E-state index in [2.05, 4.69) is 32.3 Å². The van der Waals surface area contributed by atoms with Crippen molar-refractivity contribution in [2.75, 3.05) is 39.8 Å². The van der Waals surface area contributed by atoms with Gasteiger partial charge in [-0.05, 0) is 38.6 Å². The van der Waals surface area contributed by atoms with Crippen molar-refractivity contribution < 1.29 is 0 Å². The van der Waals surface area contributed by atoms with Crippen LogP contribution >= 0.6 is 0 Å². The van der Waals surface area contributed by atoms with E-state index in [9.17, 15) is 0 Å². The summed E-state index contributed by atoms with van der Waals surface area (Å²) in [5.74, 6) is 0.982. The van der Waals surface area contributed by atoms with E-state index < -0.39 is 0 Å². The van der Waals surface area contributed by atoms with Gasteiger partial charge in [0.05, 0.1) is 0 Å². The molecule has 0 spiro atoms. The van der Waals surface area contributed by atoms with E-state index in [0.29, 0.717) is 6.04 Å². The minimum Gasteiger partial charge on any atom is -0.355 e. The molecule has 2 N–H and O–H groups in total. The lowest BCUT2D eigenvalue weighted by molar-refractivity contribution is 0.242. The molecule has 1 saturated heterocycles. The van der Waals surface area contributed by atoms with Crippen molar-refractivity contribution in [2.45, 2.75) is 70.0 Å². The zero-order chi connectivity index (χ0) is 16.1. The minimum atomic E-state index is 0.563. The molecule has 0 radical (unpaired) electrons. The van der Waals surface area contributed by atoms with Crippen LogP contribution in [0.5, 0.6) is 0 Å². The van der Waals surface area contributed by atoms with Gasteiger partial charge in [-0.15, -0.1) is 0 Å². The highest BCUT2D eigenvalue weighted by Crippen LogP contribution is 2.27. The van der Waals surface area contributed by atoms with Gasteiger partial charge in [-0.2, -0.15) is 0 Å². The number of likely N-dealkylation sites (N-methyl/N-ethyl adjacent to an activating group) is 1. The summed E-state index contributed by atoms with van der Waals surface area (Å²) in [5, 5.41) is 7.14. The third-order valence-corrected chi connectivity index (χ3v) is 5.79. The second-order valence-electron chi connectivity index (χ2n) is 7.42. The molecule has 1 atom stereocenters. The van der Waals surface area contributed by atoms with E-state index in [0.717, 1.165) is 37.7 Å². The summed E-state index contributed by atoms with van der Waals surface area (Å²) in [6.45, 7) is 7.99. The highest BCUT2D eigenvalue weighted by molar-refractivity contribution is 5.80. The van der Waals surface area contributed by atoms with Crippen molar-refractivity contribution in [3.8, 4) is 0 Å². The van der Waals surface area contributed by atoms with E-state index in [1.807, 2.05) is 7.05 Å². The van der Waals surface area contributed by atoms with E-state index >= 15 is 0 Å². The molecule has 0 amide bonds. The Bertz CT molecular complexity index is 387. The van der Waals surface area contributed by atoms with Gasteiger partial charge < -0.3 is 10.6 Å². The van der Waals surface area contributed by atoms with Crippen molar-refractivity contribution in [1.82, 2.24) is 20.4 Å². The van der Waals surface area contributed by atoms with E-state index in [1.54, 1.807) is 0 Å². The van der Waals surface area contributed by atoms with Gasteiger partial charge in [-0.3, -0.25) is 14.8 Å². The van der Waals surface area contributed by atoms with Gasteiger partial charge in [0.2, 0.25) is 0 Å². The topological polar surface area (TPSA) is 42.9 Å². The van der Waals surface area contributed by atoms with Crippen LogP contribution in [-0.2, 0) is 0 Å². The zero-order valence-electron chi connectivity index (χ0n) is 15.1. The fourth-order valence-corrected chi connectivity index (χ4v) is 4.25. The molecular weight excluding hydrogens is 286 g/mol. The summed E-state index contributed by atoms with van der Waals surface area (Å²) >= 11 is 0. The summed E-state index contributed by atoms with van der Waals surface area (Å²) in [6.07, 6.45) is 9.70. The summed E-state index contributed by atoms with van der Waals surface area (Å²) < 4.78 is 0. The highest BCUT2D eigenvalue weighted by Gasteiger charge is 2.30. The van der Waals surface area contributed by atoms with Crippen molar-refractivity contribution in [3.05, 3.63) is 0 Å². The number of hydrogen-bond acceptors (Lipinski definition) is 3. The van der Waals surface area contributed by atoms with Crippen LogP contribution in [0.3, 0.4) is 0 Å². The Kier molecular flexibility index (Phi) is 6.17. The Labute approximate surface area is 141 Å². The molecule has 5 heteroatoms. The third-order valence-electron chi connectivity index (χ3n) is 5.79. The Morgan fingerprint density at radius 3 is 2.61 bits per heavy atom. The first-order valence-corrected chi connectivity index (χ1v) is 9.75. The number of nitrogens with zero attached hydrogens (tertiary/aromatic N) is 3. The second-order valence-corrected chi connectivity index (χ2v) is 7.42. The maximum absolute atomic E-state index is 4.41. The molecule has 0 bridgehead atoms. The van der Waals surface area contributed by atoms with Crippen molar-refractivity contribution >= 4 is 5.96 Å². The Balaban J connectivity index is 1.36. The zero-order valence-corrected chi connectivity index (χ0v) is 15.1. The molecule has 23 heavy (non-hydrogen) atoms. The molecule has 3 aliphatic rings. The van der Waals surface area contributed by atoms with E-state index in [-0.39, 0.29) is 0 Å². The van der Waals surface area contributed by atoms with Gasteiger partial charge in [0.25, 0.3) is 0 Å². The average Bonchev–Trinajstić information content (AvgIpc) is 3.07. The van der Waals surface area contributed by atoms with Crippen LogP contribution in [0.1, 0.15) is 51.9 Å². The van der Waals surface area contributed by atoms with Gasteiger partial charge in [0.15, 0.2) is 5.96 Å². The molecule has 3 rings (SSSR count). The fraction of sp³-hybridized carbons (Fsp3) is 0.944. The monoisotopic (exact) mass is 321 g/mol. The van der Waals surface area contributed by atoms with Crippen molar-refractivity contribution in [1.29, 1.82) is 0 Å². The Morgan fingerprint density at radius 1 is 1.17 bits per heavy atom. The molecule has 2 aliphatic carbocycles. The molecule has 0 aromatic carbocycles. The number of likely N-dealkylation sites (tertiary alicyclic amines) is 1. The predicted octanol–water partition coefficient (Wildman–Crippen LogP) is 1.65. The number of hydrogen-bond donors (Lipinski definition) is 2. The SMILES string of the molecule is CCN(CCNC(=NC)NC1CCN(C2CCCC2)C1)C1CC1. The smallest absolute Gasteiger partial charge is 0.191 e. The minimum absolute atomic E-state index is 0.563. The molecular formula is C18H35N5. The van der Waals surface area contributed by atoms with Gasteiger partial charge in [-0.25, -0.2) is 0 Å². The lowest BCUT2D eigenvalue weighted by Gasteiger charge is -2.24. The van der Waals surface area contributed by atoms with Crippen molar-refractivity contribution in [2.24, 2.45) is 4.99 Å². The maximum Gasteiger partial charge on any atom is 0.191 e. The van der Waals surface area contributed by atoms with Crippen LogP contribution in [0.4, 0.5) is 0 Å². The second kappa shape index (κ2) is 8.34. The van der Waals surface area contributed by atoms with Crippen molar-refractivity contribution in [3.63, 3.8) is 0 Å². The molecule has 1 heterocycles.